The van der Waals surface area contributed by atoms with Gasteiger partial charge in [0, 0.05) is 13.0 Å². The Hall–Kier alpha value is -2.42. The molecule has 2 rings (SSSR count). The van der Waals surface area contributed by atoms with Crippen molar-refractivity contribution in [2.45, 2.75) is 26.3 Å². The number of primary amides is 2. The highest BCUT2D eigenvalue weighted by molar-refractivity contribution is 7.20. The average molecular weight is 310 g/mol. The lowest BCUT2D eigenvalue weighted by molar-refractivity contribution is -0.118. The lowest BCUT2D eigenvalue weighted by Crippen LogP contribution is -2.35. The SMILES string of the molecule is Cc1c(C(N)=O)sc2[nH]c(=O)n(CCCC(N)=O)c(=O)c12. The summed E-state index contributed by atoms with van der Waals surface area (Å²) in [6, 6.07) is 0. The Morgan fingerprint density at radius 2 is 1.95 bits per heavy atom. The molecule has 2 amide bonds. The third kappa shape index (κ3) is 2.72. The molecule has 2 aromatic rings. The second-order valence-electron chi connectivity index (χ2n) is 4.58. The zero-order valence-corrected chi connectivity index (χ0v) is 12.1. The minimum absolute atomic E-state index is 0.0776. The van der Waals surface area contributed by atoms with Crippen molar-refractivity contribution >= 4 is 33.4 Å². The smallest absolute Gasteiger partial charge is 0.329 e. The summed E-state index contributed by atoms with van der Waals surface area (Å²) in [4.78, 5) is 49.4. The zero-order valence-electron chi connectivity index (χ0n) is 11.3. The van der Waals surface area contributed by atoms with Crippen LogP contribution in [0.1, 0.15) is 28.1 Å². The second-order valence-corrected chi connectivity index (χ2v) is 5.60. The van der Waals surface area contributed by atoms with Crippen LogP contribution in [0.3, 0.4) is 0 Å². The van der Waals surface area contributed by atoms with Crippen LogP contribution in [0, 0.1) is 6.92 Å². The summed E-state index contributed by atoms with van der Waals surface area (Å²) in [5.41, 5.74) is 9.62. The molecule has 0 aliphatic carbocycles. The first kappa shape index (κ1) is 15.0. The van der Waals surface area contributed by atoms with E-state index >= 15 is 0 Å². The van der Waals surface area contributed by atoms with Crippen LogP contribution in [0.15, 0.2) is 9.59 Å². The molecule has 2 heterocycles. The lowest BCUT2D eigenvalue weighted by atomic mass is 10.2. The van der Waals surface area contributed by atoms with Crippen LogP contribution >= 0.6 is 11.3 Å². The number of hydrogen-bond acceptors (Lipinski definition) is 5. The maximum atomic E-state index is 12.4. The summed E-state index contributed by atoms with van der Waals surface area (Å²) in [7, 11) is 0. The van der Waals surface area contributed by atoms with Crippen molar-refractivity contribution in [1.82, 2.24) is 9.55 Å². The number of carbonyl (C=O) groups is 2. The molecule has 0 aromatic carbocycles. The Balaban J connectivity index is 2.56. The number of aromatic amines is 1. The maximum absolute atomic E-state index is 12.4. The minimum atomic E-state index is -0.644. The molecule has 0 aliphatic rings. The van der Waals surface area contributed by atoms with Crippen LogP contribution in [0.2, 0.25) is 0 Å². The first-order valence-corrected chi connectivity index (χ1v) is 6.99. The van der Waals surface area contributed by atoms with Gasteiger partial charge in [-0.3, -0.25) is 23.9 Å². The fourth-order valence-corrected chi connectivity index (χ4v) is 3.14. The fourth-order valence-electron chi connectivity index (χ4n) is 2.10. The van der Waals surface area contributed by atoms with Gasteiger partial charge in [-0.1, -0.05) is 0 Å². The summed E-state index contributed by atoms with van der Waals surface area (Å²) in [5, 5.41) is 0.271. The Bertz CT molecular complexity index is 845. The van der Waals surface area contributed by atoms with E-state index in [2.05, 4.69) is 4.98 Å². The standard InChI is InChI=1S/C12H14N4O4S/c1-5-7-10(21-8(5)9(14)18)15-12(20)16(11(7)19)4-2-3-6(13)17/h2-4H2,1H3,(H2,13,17)(H2,14,18)(H,15,20). The van der Waals surface area contributed by atoms with E-state index in [9.17, 15) is 19.2 Å². The molecular formula is C12H14N4O4S. The molecule has 0 spiro atoms. The highest BCUT2D eigenvalue weighted by atomic mass is 32.1. The number of carbonyl (C=O) groups excluding carboxylic acids is 2. The van der Waals surface area contributed by atoms with Crippen LogP contribution in [-0.4, -0.2) is 21.4 Å². The van der Waals surface area contributed by atoms with Gasteiger partial charge in [0.1, 0.15) is 4.83 Å². The third-order valence-corrected chi connectivity index (χ3v) is 4.32. The van der Waals surface area contributed by atoms with E-state index in [0.717, 1.165) is 15.9 Å². The van der Waals surface area contributed by atoms with Gasteiger partial charge in [0.05, 0.1) is 10.3 Å². The van der Waals surface area contributed by atoms with E-state index in [0.29, 0.717) is 10.4 Å². The molecule has 0 fully saturated rings. The van der Waals surface area contributed by atoms with Crippen molar-refractivity contribution in [3.8, 4) is 0 Å². The van der Waals surface area contributed by atoms with Gasteiger partial charge < -0.3 is 11.5 Å². The number of nitrogens with zero attached hydrogens (tertiary/aromatic N) is 1. The van der Waals surface area contributed by atoms with Crippen molar-refractivity contribution in [3.05, 3.63) is 31.3 Å². The van der Waals surface area contributed by atoms with Crippen molar-refractivity contribution in [1.29, 1.82) is 0 Å². The zero-order chi connectivity index (χ0) is 15.7. The predicted octanol–water partition coefficient (Wildman–Crippen LogP) is -0.576. The molecule has 8 nitrogen and oxygen atoms in total. The number of thiophene rings is 1. The summed E-state index contributed by atoms with van der Waals surface area (Å²) in [6.45, 7) is 1.68. The quantitative estimate of drug-likeness (QED) is 0.679. The molecule has 0 unspecified atom stereocenters. The van der Waals surface area contributed by atoms with Gasteiger partial charge in [0.15, 0.2) is 0 Å². The van der Waals surface area contributed by atoms with E-state index in [1.165, 1.54) is 0 Å². The Kier molecular flexibility index (Phi) is 3.94. The molecular weight excluding hydrogens is 296 g/mol. The fraction of sp³-hybridized carbons (Fsp3) is 0.333. The monoisotopic (exact) mass is 310 g/mol. The number of nitrogens with two attached hydrogens (primary N) is 2. The van der Waals surface area contributed by atoms with Gasteiger partial charge in [-0.15, -0.1) is 11.3 Å². The largest absolute Gasteiger partial charge is 0.370 e. The van der Waals surface area contributed by atoms with Crippen molar-refractivity contribution in [2.75, 3.05) is 0 Å². The molecule has 0 bridgehead atoms. The van der Waals surface area contributed by atoms with Crippen molar-refractivity contribution < 1.29 is 9.59 Å². The number of aryl methyl sites for hydroxylation is 1. The Labute approximate surface area is 122 Å². The molecule has 0 saturated carbocycles. The van der Waals surface area contributed by atoms with E-state index < -0.39 is 23.1 Å². The van der Waals surface area contributed by atoms with Crippen LogP contribution in [0.25, 0.3) is 10.2 Å². The van der Waals surface area contributed by atoms with E-state index in [-0.39, 0.29) is 29.6 Å². The number of H-pyrrole nitrogens is 1. The Morgan fingerprint density at radius 3 is 2.52 bits per heavy atom. The highest BCUT2D eigenvalue weighted by Gasteiger charge is 2.18. The van der Waals surface area contributed by atoms with Crippen LogP contribution < -0.4 is 22.7 Å². The maximum Gasteiger partial charge on any atom is 0.329 e. The first-order chi connectivity index (χ1) is 9.82. The molecule has 0 radical (unpaired) electrons. The summed E-state index contributed by atoms with van der Waals surface area (Å²) in [5.74, 6) is -1.14. The number of fused-ring (bicyclic) bond motifs is 1. The summed E-state index contributed by atoms with van der Waals surface area (Å²) >= 11 is 0.980. The van der Waals surface area contributed by atoms with E-state index in [4.69, 9.17) is 11.5 Å². The number of aromatic nitrogens is 2. The van der Waals surface area contributed by atoms with Crippen molar-refractivity contribution in [3.63, 3.8) is 0 Å². The number of nitrogens with one attached hydrogen (secondary N) is 1. The number of amides is 2. The van der Waals surface area contributed by atoms with Gasteiger partial charge >= 0.3 is 5.69 Å². The van der Waals surface area contributed by atoms with Crippen molar-refractivity contribution in [2.24, 2.45) is 11.5 Å². The van der Waals surface area contributed by atoms with Crippen LogP contribution in [0.5, 0.6) is 0 Å². The molecule has 9 heteroatoms. The second kappa shape index (κ2) is 5.52. The van der Waals surface area contributed by atoms with Crippen LogP contribution in [-0.2, 0) is 11.3 Å². The molecule has 112 valence electrons. The summed E-state index contributed by atoms with van der Waals surface area (Å²) < 4.78 is 0.996. The molecule has 21 heavy (non-hydrogen) atoms. The van der Waals surface area contributed by atoms with E-state index in [1.54, 1.807) is 6.92 Å². The first-order valence-electron chi connectivity index (χ1n) is 6.17. The molecule has 0 saturated heterocycles. The van der Waals surface area contributed by atoms with Gasteiger partial charge in [-0.05, 0) is 18.9 Å². The number of hydrogen-bond donors (Lipinski definition) is 3. The minimum Gasteiger partial charge on any atom is -0.370 e. The lowest BCUT2D eigenvalue weighted by Gasteiger charge is -2.03. The predicted molar refractivity (Wildman–Crippen MR) is 78.4 cm³/mol. The topological polar surface area (TPSA) is 141 Å². The van der Waals surface area contributed by atoms with Gasteiger partial charge in [0.2, 0.25) is 5.91 Å². The van der Waals surface area contributed by atoms with Gasteiger partial charge in [-0.25, -0.2) is 4.79 Å². The normalized spacial score (nSPS) is 10.9. The molecule has 0 atom stereocenters. The molecule has 5 N–H and O–H groups in total. The van der Waals surface area contributed by atoms with E-state index in [1.807, 2.05) is 0 Å². The van der Waals surface area contributed by atoms with Crippen LogP contribution in [0.4, 0.5) is 0 Å². The van der Waals surface area contributed by atoms with Gasteiger partial charge in [0.25, 0.3) is 11.5 Å². The third-order valence-electron chi connectivity index (χ3n) is 3.10. The van der Waals surface area contributed by atoms with Gasteiger partial charge in [-0.2, -0.15) is 0 Å². The average Bonchev–Trinajstić information content (AvgIpc) is 2.70. The highest BCUT2D eigenvalue weighted by Crippen LogP contribution is 2.25. The summed E-state index contributed by atoms with van der Waals surface area (Å²) in [6.07, 6.45) is 0.370. The Morgan fingerprint density at radius 1 is 1.29 bits per heavy atom. The molecule has 0 aliphatic heterocycles. The molecule has 2 aromatic heterocycles. The number of rotatable bonds is 5.